The second-order valence-electron chi connectivity index (χ2n) is 8.13. The number of furan rings is 1. The molecule has 5 rings (SSSR count). The van der Waals surface area contributed by atoms with Gasteiger partial charge >= 0.3 is 0 Å². The van der Waals surface area contributed by atoms with Crippen LogP contribution in [0.1, 0.15) is 24.6 Å². The molecule has 3 amide bonds. The Kier molecular flexibility index (Phi) is 4.46. The van der Waals surface area contributed by atoms with Crippen molar-refractivity contribution >= 4 is 29.1 Å². The number of nitro benzene ring substituents is 1. The lowest BCUT2D eigenvalue weighted by Gasteiger charge is -2.26. The molecule has 1 aromatic carbocycles. The number of benzene rings is 1. The molecule has 9 heteroatoms. The molecule has 1 saturated carbocycles. The van der Waals surface area contributed by atoms with Crippen molar-refractivity contribution in [3.05, 3.63) is 70.7 Å². The van der Waals surface area contributed by atoms with Crippen LogP contribution >= 0.6 is 0 Å². The first-order chi connectivity index (χ1) is 14.9. The SMILES string of the molecule is O=C(CC(c1ccco1)N1C(=O)C2C3C=CC(C3)C2C1=O)Nc1ccc([N+](=O)[O-])cc1. The first kappa shape index (κ1) is 19.2. The van der Waals surface area contributed by atoms with E-state index in [0.717, 1.165) is 6.42 Å². The van der Waals surface area contributed by atoms with Gasteiger partial charge in [0.05, 0.1) is 29.4 Å². The molecule has 1 saturated heterocycles. The number of rotatable bonds is 6. The summed E-state index contributed by atoms with van der Waals surface area (Å²) in [6, 6.07) is 7.88. The topological polar surface area (TPSA) is 123 Å². The fourth-order valence-electron chi connectivity index (χ4n) is 5.09. The van der Waals surface area contributed by atoms with E-state index in [0.29, 0.717) is 11.4 Å². The van der Waals surface area contributed by atoms with Crippen molar-refractivity contribution in [2.24, 2.45) is 23.7 Å². The lowest BCUT2D eigenvalue weighted by atomic mass is 9.85. The largest absolute Gasteiger partial charge is 0.467 e. The quantitative estimate of drug-likeness (QED) is 0.331. The van der Waals surface area contributed by atoms with E-state index in [4.69, 9.17) is 4.42 Å². The van der Waals surface area contributed by atoms with Crippen molar-refractivity contribution in [1.82, 2.24) is 4.90 Å². The van der Waals surface area contributed by atoms with Crippen LogP contribution in [-0.4, -0.2) is 27.5 Å². The van der Waals surface area contributed by atoms with Crippen molar-refractivity contribution in [3.8, 4) is 0 Å². The third kappa shape index (κ3) is 3.13. The summed E-state index contributed by atoms with van der Waals surface area (Å²) in [6.45, 7) is 0. The summed E-state index contributed by atoms with van der Waals surface area (Å²) < 4.78 is 5.47. The van der Waals surface area contributed by atoms with Gasteiger partial charge in [-0.15, -0.1) is 0 Å². The first-order valence-electron chi connectivity index (χ1n) is 10.1. The summed E-state index contributed by atoms with van der Waals surface area (Å²) in [6.07, 6.45) is 6.12. The van der Waals surface area contributed by atoms with Gasteiger partial charge in [0.2, 0.25) is 17.7 Å². The molecule has 2 bridgehead atoms. The molecule has 3 aliphatic rings. The molecule has 1 N–H and O–H groups in total. The Hall–Kier alpha value is -3.75. The summed E-state index contributed by atoms with van der Waals surface area (Å²) in [5.41, 5.74) is 0.293. The second-order valence-corrected chi connectivity index (χ2v) is 8.13. The number of likely N-dealkylation sites (tertiary alicyclic amines) is 1. The van der Waals surface area contributed by atoms with E-state index in [9.17, 15) is 24.5 Å². The Morgan fingerprint density at radius 1 is 1.13 bits per heavy atom. The highest BCUT2D eigenvalue weighted by molar-refractivity contribution is 6.07. The molecule has 9 nitrogen and oxygen atoms in total. The number of hydrogen-bond acceptors (Lipinski definition) is 6. The first-order valence-corrected chi connectivity index (χ1v) is 10.1. The average molecular weight is 421 g/mol. The molecule has 158 valence electrons. The van der Waals surface area contributed by atoms with E-state index < -0.39 is 16.9 Å². The highest BCUT2D eigenvalue weighted by Gasteiger charge is 2.60. The lowest BCUT2D eigenvalue weighted by Crippen LogP contribution is -2.38. The Balaban J connectivity index is 1.37. The number of allylic oxidation sites excluding steroid dienone is 2. The lowest BCUT2D eigenvalue weighted by molar-refractivity contribution is -0.384. The number of carbonyl (C=O) groups is 3. The zero-order chi connectivity index (χ0) is 21.7. The van der Waals surface area contributed by atoms with Crippen molar-refractivity contribution in [1.29, 1.82) is 0 Å². The van der Waals surface area contributed by atoms with Crippen molar-refractivity contribution in [3.63, 3.8) is 0 Å². The number of non-ortho nitro benzene ring substituents is 1. The van der Waals surface area contributed by atoms with Crippen LogP contribution in [0.15, 0.2) is 59.2 Å². The van der Waals surface area contributed by atoms with Gasteiger partial charge in [0.1, 0.15) is 11.8 Å². The minimum absolute atomic E-state index is 0.0719. The van der Waals surface area contributed by atoms with Gasteiger partial charge in [-0.1, -0.05) is 12.2 Å². The molecule has 31 heavy (non-hydrogen) atoms. The smallest absolute Gasteiger partial charge is 0.269 e. The molecule has 2 aromatic rings. The fourth-order valence-corrected chi connectivity index (χ4v) is 5.09. The summed E-state index contributed by atoms with van der Waals surface area (Å²) >= 11 is 0. The molecule has 1 aliphatic heterocycles. The minimum Gasteiger partial charge on any atom is -0.467 e. The van der Waals surface area contributed by atoms with Gasteiger partial charge in [-0.05, 0) is 42.5 Å². The third-order valence-corrected chi connectivity index (χ3v) is 6.43. The molecule has 1 aromatic heterocycles. The van der Waals surface area contributed by atoms with Gasteiger partial charge in [0.25, 0.3) is 5.69 Å². The molecule has 2 heterocycles. The number of nitrogens with one attached hydrogen (secondary N) is 1. The Bertz CT molecular complexity index is 1060. The van der Waals surface area contributed by atoms with Crippen LogP contribution in [-0.2, 0) is 14.4 Å². The van der Waals surface area contributed by atoms with E-state index in [1.807, 2.05) is 12.2 Å². The molecule has 5 unspecified atom stereocenters. The Morgan fingerprint density at radius 3 is 2.32 bits per heavy atom. The Morgan fingerprint density at radius 2 is 1.77 bits per heavy atom. The molecule has 0 spiro atoms. The van der Waals surface area contributed by atoms with Gasteiger partial charge in [-0.3, -0.25) is 29.4 Å². The zero-order valence-electron chi connectivity index (χ0n) is 16.3. The van der Waals surface area contributed by atoms with E-state index in [1.54, 1.807) is 12.1 Å². The van der Waals surface area contributed by atoms with E-state index in [1.165, 1.54) is 35.4 Å². The van der Waals surface area contributed by atoms with Gasteiger partial charge < -0.3 is 9.73 Å². The van der Waals surface area contributed by atoms with Gasteiger partial charge in [0, 0.05) is 17.8 Å². The van der Waals surface area contributed by atoms with Crippen LogP contribution in [0, 0.1) is 33.8 Å². The predicted octanol–water partition coefficient (Wildman–Crippen LogP) is 3.06. The molecule has 2 aliphatic carbocycles. The maximum atomic E-state index is 13.2. The van der Waals surface area contributed by atoms with Crippen LogP contribution in [0.5, 0.6) is 0 Å². The van der Waals surface area contributed by atoms with Crippen LogP contribution in [0.3, 0.4) is 0 Å². The van der Waals surface area contributed by atoms with Gasteiger partial charge in [0.15, 0.2) is 0 Å². The number of hydrogen-bond donors (Lipinski definition) is 1. The zero-order valence-corrected chi connectivity index (χ0v) is 16.3. The highest BCUT2D eigenvalue weighted by Crippen LogP contribution is 2.54. The maximum absolute atomic E-state index is 13.2. The summed E-state index contributed by atoms with van der Waals surface area (Å²) in [7, 11) is 0. The predicted molar refractivity (Wildman–Crippen MR) is 107 cm³/mol. The summed E-state index contributed by atoms with van der Waals surface area (Å²) in [4.78, 5) is 50.6. The van der Waals surface area contributed by atoms with Crippen molar-refractivity contribution < 1.29 is 23.7 Å². The second kappa shape index (κ2) is 7.19. The number of carbonyl (C=O) groups excluding carboxylic acids is 3. The summed E-state index contributed by atoms with van der Waals surface area (Å²) in [5.74, 6) is -1.16. The summed E-state index contributed by atoms with van der Waals surface area (Å²) in [5, 5.41) is 13.5. The molecule has 0 radical (unpaired) electrons. The minimum atomic E-state index is -0.849. The number of imide groups is 1. The van der Waals surface area contributed by atoms with Crippen LogP contribution in [0.4, 0.5) is 11.4 Å². The average Bonchev–Trinajstić information content (AvgIpc) is 3.52. The van der Waals surface area contributed by atoms with Gasteiger partial charge in [-0.2, -0.15) is 0 Å². The third-order valence-electron chi connectivity index (χ3n) is 6.43. The number of nitro groups is 1. The molecular weight excluding hydrogens is 402 g/mol. The number of nitrogens with zero attached hydrogens (tertiary/aromatic N) is 2. The number of fused-ring (bicyclic) bond motifs is 5. The molecule has 5 atom stereocenters. The highest BCUT2D eigenvalue weighted by atomic mass is 16.6. The number of amides is 3. The number of anilines is 1. The standard InChI is InChI=1S/C22H19N3O6/c26-18(23-14-5-7-15(8-6-14)25(29)30)11-16(17-2-1-9-31-17)24-21(27)19-12-3-4-13(10-12)20(19)22(24)28/h1-9,12-13,16,19-20H,10-11H2,(H,23,26). The van der Waals surface area contributed by atoms with Crippen LogP contribution in [0.25, 0.3) is 0 Å². The Labute approximate surface area is 176 Å². The van der Waals surface area contributed by atoms with E-state index in [2.05, 4.69) is 5.32 Å². The van der Waals surface area contributed by atoms with E-state index in [-0.39, 0.29) is 47.6 Å². The molecule has 2 fully saturated rings. The molecular formula is C22H19N3O6. The van der Waals surface area contributed by atoms with E-state index >= 15 is 0 Å². The van der Waals surface area contributed by atoms with Crippen molar-refractivity contribution in [2.75, 3.05) is 5.32 Å². The normalized spacial score (nSPS) is 26.9. The van der Waals surface area contributed by atoms with Crippen LogP contribution < -0.4 is 5.32 Å². The monoisotopic (exact) mass is 421 g/mol. The van der Waals surface area contributed by atoms with Crippen molar-refractivity contribution in [2.45, 2.75) is 18.9 Å². The van der Waals surface area contributed by atoms with Gasteiger partial charge in [-0.25, -0.2) is 0 Å². The maximum Gasteiger partial charge on any atom is 0.269 e. The van der Waals surface area contributed by atoms with Crippen LogP contribution in [0.2, 0.25) is 0 Å². The fraction of sp³-hybridized carbons (Fsp3) is 0.318.